The fraction of sp³-hybridized carbons (Fsp3) is 1.00. The Morgan fingerprint density at radius 2 is 0.778 bits per heavy atom. The van der Waals surface area contributed by atoms with Gasteiger partial charge < -0.3 is 0 Å². The summed E-state index contributed by atoms with van der Waals surface area (Å²) in [7, 11) is 9.19. The first-order chi connectivity index (χ1) is 7.75. The molecule has 121 valence electrons. The summed E-state index contributed by atoms with van der Waals surface area (Å²) in [6.45, 7) is 5.49. The Labute approximate surface area is 147 Å². The number of hydrogen-bond donors (Lipinski definition) is 0. The maximum atomic E-state index is 6.91. The molecule has 12 heteroatoms. The van der Waals surface area contributed by atoms with E-state index in [0.717, 1.165) is 0 Å². The van der Waals surface area contributed by atoms with E-state index < -0.39 is 23.1 Å². The van der Waals surface area contributed by atoms with Gasteiger partial charge in [0.05, 0.1) is 0 Å². The monoisotopic (exact) mass is 565 g/mol. The van der Waals surface area contributed by atoms with Crippen molar-refractivity contribution in [1.82, 2.24) is 0 Å². The van der Waals surface area contributed by atoms with E-state index in [1.165, 1.54) is 0 Å². The minimum atomic E-state index is -4.62. The molecule has 0 spiro atoms. The van der Waals surface area contributed by atoms with Gasteiger partial charge in [-0.1, -0.05) is 0 Å². The van der Waals surface area contributed by atoms with Crippen LogP contribution in [0.3, 0.4) is 0 Å². The van der Waals surface area contributed by atoms with Crippen LogP contribution in [0.5, 0.6) is 0 Å². The Balaban J connectivity index is 6.38. The average molecular weight is 568 g/mol. The van der Waals surface area contributed by atoms with E-state index in [0.29, 0.717) is 18.5 Å². The van der Waals surface area contributed by atoms with E-state index in [1.807, 2.05) is 20.8 Å². The Hall–Kier alpha value is 4.23. The molecule has 0 saturated carbocycles. The molecule has 0 amide bonds. The third kappa shape index (κ3) is 3.09. The van der Waals surface area contributed by atoms with E-state index in [4.69, 9.17) is 86.8 Å². The summed E-state index contributed by atoms with van der Waals surface area (Å²) in [5, 5.41) is 0. The van der Waals surface area contributed by atoms with Gasteiger partial charge in [-0.3, -0.25) is 0 Å². The van der Waals surface area contributed by atoms with Crippen LogP contribution < -0.4 is 0 Å². The molecule has 0 rings (SSSR count). The van der Waals surface area contributed by atoms with Gasteiger partial charge in [0.15, 0.2) is 0 Å². The zero-order valence-electron chi connectivity index (χ0n) is 10.00. The molecule has 0 fully saturated rings. The van der Waals surface area contributed by atoms with Gasteiger partial charge in [0, 0.05) is 0 Å². The van der Waals surface area contributed by atoms with Crippen molar-refractivity contribution in [3.8, 4) is 0 Å². The Bertz CT molecular complexity index is 272. The van der Waals surface area contributed by atoms with Crippen molar-refractivity contribution in [1.29, 1.82) is 0 Å². The van der Waals surface area contributed by atoms with E-state index >= 15 is 0 Å². The predicted octanol–water partition coefficient (Wildman–Crippen LogP) is 8.96. The molecule has 0 N–H and O–H groups in total. The summed E-state index contributed by atoms with van der Waals surface area (Å²) in [5.41, 5.74) is 0. The van der Waals surface area contributed by atoms with E-state index in [9.17, 15) is 0 Å². The van der Waals surface area contributed by atoms with Crippen LogP contribution >= 0.6 is 99.7 Å². The van der Waals surface area contributed by atoms with Crippen molar-refractivity contribution < 1.29 is 10.2 Å². The van der Waals surface area contributed by atoms with Crippen molar-refractivity contribution in [3.05, 3.63) is 0 Å². The molecule has 0 nitrogen and oxygen atoms in total. The topological polar surface area (TPSA) is 0 Å². The van der Waals surface area contributed by atoms with E-state index in [2.05, 4.69) is 0 Å². The second-order valence-electron chi connectivity index (χ2n) is 3.57. The number of halogens is 8. The van der Waals surface area contributed by atoms with Gasteiger partial charge in [-0.25, -0.2) is 0 Å². The fourth-order valence-electron chi connectivity index (χ4n) is 1.23. The number of rotatable bonds is 6. The van der Waals surface area contributed by atoms with Crippen molar-refractivity contribution in [2.24, 2.45) is 0 Å². The van der Waals surface area contributed by atoms with Crippen molar-refractivity contribution in [2.45, 2.75) is 20.8 Å². The summed E-state index contributed by atoms with van der Waals surface area (Å²) in [6, 6.07) is 0. The molecule has 0 heterocycles. The summed E-state index contributed by atoms with van der Waals surface area (Å²) in [6.07, 6.45) is 1.32. The molecular formula is C6H18Cl8P3Ru. The standard InChI is InChI=1S/3C2H5Cl2P.2ClH.Ru/c3*1-2-5(3)4;;;/h3*2H2,1H3;2*1H;/q;;;;;-1/p+1. The molecular weight excluding hydrogens is 550 g/mol. The first-order valence-electron chi connectivity index (χ1n) is 5.11. The van der Waals surface area contributed by atoms with Gasteiger partial charge in [0.1, 0.15) is 0 Å². The van der Waals surface area contributed by atoms with Gasteiger partial charge in [-0.15, -0.1) is 0 Å². The van der Waals surface area contributed by atoms with Crippen LogP contribution in [0.4, 0.5) is 0 Å². The van der Waals surface area contributed by atoms with Gasteiger partial charge in [-0.05, 0) is 0 Å². The van der Waals surface area contributed by atoms with Crippen LogP contribution in [0.1, 0.15) is 20.8 Å². The third-order valence-electron chi connectivity index (χ3n) is 2.54. The molecule has 0 radical (unpaired) electrons. The van der Waals surface area contributed by atoms with Crippen LogP contribution in [0.25, 0.3) is 0 Å². The first-order valence-corrected chi connectivity index (χ1v) is 29.7. The van der Waals surface area contributed by atoms with Crippen LogP contribution in [0.15, 0.2) is 0 Å². The second-order valence-corrected chi connectivity index (χ2v) is 82.3. The van der Waals surface area contributed by atoms with Crippen LogP contribution in [0.2, 0.25) is 0 Å². The summed E-state index contributed by atoms with van der Waals surface area (Å²) in [5.74, 6) is 0. The molecule has 18 heavy (non-hydrogen) atoms. The Kier molecular flexibility index (Phi) is 8.65. The summed E-state index contributed by atoms with van der Waals surface area (Å²) < 4.78 is -9.36. The van der Waals surface area contributed by atoms with Gasteiger partial charge in [0.2, 0.25) is 0 Å². The van der Waals surface area contributed by atoms with Gasteiger partial charge in [0.25, 0.3) is 0 Å². The summed E-state index contributed by atoms with van der Waals surface area (Å²) >= 11 is 39.3. The van der Waals surface area contributed by atoms with Crippen molar-refractivity contribution in [2.75, 3.05) is 18.5 Å². The molecule has 0 aromatic heterocycles. The van der Waals surface area contributed by atoms with E-state index in [1.54, 1.807) is 0 Å². The molecule has 0 aromatic carbocycles. The minimum absolute atomic E-state index is 0.441. The SMILES string of the molecule is CC[PH](Cl)(Cl)[Ru]([Cl])([Cl])([PH](Cl)(Cl)CC)[PH](Cl)(Cl)CC. The van der Waals surface area contributed by atoms with Crippen LogP contribution in [-0.4, -0.2) is 18.5 Å². The van der Waals surface area contributed by atoms with Crippen LogP contribution in [-0.2, 0) is 10.2 Å². The quantitative estimate of drug-likeness (QED) is 0.222. The molecule has 0 aliphatic heterocycles. The van der Waals surface area contributed by atoms with Crippen molar-refractivity contribution >= 4 is 99.7 Å². The third-order valence-corrected chi connectivity index (χ3v) is 161. The van der Waals surface area contributed by atoms with Gasteiger partial charge >= 0.3 is 149 Å². The molecule has 0 saturated heterocycles. The van der Waals surface area contributed by atoms with Crippen LogP contribution in [0, 0.1) is 0 Å². The average Bonchev–Trinajstić information content (AvgIpc) is 2.28. The molecule has 0 atom stereocenters. The van der Waals surface area contributed by atoms with Crippen molar-refractivity contribution in [3.63, 3.8) is 0 Å². The zero-order chi connectivity index (χ0) is 15.1. The first kappa shape index (κ1) is 22.2. The predicted molar refractivity (Wildman–Crippen MR) is 103 cm³/mol. The zero-order valence-corrected chi connectivity index (χ0v) is 20.8. The fourth-order valence-corrected chi connectivity index (χ4v) is 160. The molecule has 0 unspecified atom stereocenters. The molecule has 0 aromatic rings. The van der Waals surface area contributed by atoms with Gasteiger partial charge in [-0.2, -0.15) is 0 Å². The molecule has 0 aliphatic carbocycles. The summed E-state index contributed by atoms with van der Waals surface area (Å²) in [4.78, 5) is 0. The molecule has 0 bridgehead atoms. The number of hydrogen-bond acceptors (Lipinski definition) is 0. The second kappa shape index (κ2) is 7.00. The molecule has 0 aliphatic rings. The maximum absolute atomic E-state index is 6.91. The van der Waals surface area contributed by atoms with E-state index in [-0.39, 0.29) is 0 Å². The Morgan fingerprint density at radius 3 is 0.889 bits per heavy atom. The normalized spacial score (nSPS) is 20.1. The Morgan fingerprint density at radius 1 is 0.611 bits per heavy atom.